The summed E-state index contributed by atoms with van der Waals surface area (Å²) >= 11 is 0. The number of hydrogen-bond acceptors (Lipinski definition) is 7. The number of benzene rings is 1. The lowest BCUT2D eigenvalue weighted by atomic mass is 10.2. The molecule has 1 aromatic heterocycles. The maximum Gasteiger partial charge on any atom is 0.358 e. The molecule has 3 rings (SSSR count). The standard InChI is InChI=1S/C17H22N4O5S/c1-3-26-17(22)15-12-16(19-18-15)27(23,24)21-10-8-20(9-11-21)13-4-6-14(25-2)7-5-13/h4-7,12H,3,8-11H2,1-2H3,(H,18,19). The minimum absolute atomic E-state index is 0.0488. The van der Waals surface area contributed by atoms with Gasteiger partial charge in [-0.3, -0.25) is 5.10 Å². The monoisotopic (exact) mass is 394 g/mol. The van der Waals surface area contributed by atoms with E-state index in [1.165, 1.54) is 10.4 Å². The van der Waals surface area contributed by atoms with Gasteiger partial charge in [0.15, 0.2) is 10.7 Å². The molecule has 1 aromatic carbocycles. The van der Waals surface area contributed by atoms with E-state index in [2.05, 4.69) is 15.1 Å². The van der Waals surface area contributed by atoms with Crippen molar-refractivity contribution in [2.24, 2.45) is 0 Å². The van der Waals surface area contributed by atoms with Crippen molar-refractivity contribution < 1.29 is 22.7 Å². The van der Waals surface area contributed by atoms with Gasteiger partial charge >= 0.3 is 5.97 Å². The van der Waals surface area contributed by atoms with Crippen molar-refractivity contribution in [1.82, 2.24) is 14.5 Å². The number of esters is 1. The summed E-state index contributed by atoms with van der Waals surface area (Å²) in [6.07, 6.45) is 0. The first-order valence-corrected chi connectivity index (χ1v) is 10.0. The van der Waals surface area contributed by atoms with Crippen LogP contribution in [0.15, 0.2) is 35.4 Å². The van der Waals surface area contributed by atoms with Crippen molar-refractivity contribution in [2.45, 2.75) is 11.9 Å². The summed E-state index contributed by atoms with van der Waals surface area (Å²) in [6.45, 7) is 3.66. The Morgan fingerprint density at radius 3 is 2.44 bits per heavy atom. The number of nitrogens with zero attached hydrogens (tertiary/aromatic N) is 3. The molecule has 146 valence electrons. The zero-order valence-corrected chi connectivity index (χ0v) is 16.0. The second kappa shape index (κ2) is 7.97. The number of aromatic nitrogens is 2. The van der Waals surface area contributed by atoms with Crippen LogP contribution in [0.2, 0.25) is 0 Å². The van der Waals surface area contributed by atoms with Crippen LogP contribution in [-0.2, 0) is 14.8 Å². The third-order valence-electron chi connectivity index (χ3n) is 4.33. The van der Waals surface area contributed by atoms with Gasteiger partial charge in [-0.25, -0.2) is 13.2 Å². The van der Waals surface area contributed by atoms with Crippen molar-refractivity contribution >= 4 is 21.7 Å². The maximum atomic E-state index is 12.8. The first-order chi connectivity index (χ1) is 13.0. The number of piperazine rings is 1. The number of rotatable bonds is 6. The Hall–Kier alpha value is -2.59. The number of carbonyl (C=O) groups excluding carboxylic acids is 1. The van der Waals surface area contributed by atoms with Gasteiger partial charge in [-0.15, -0.1) is 0 Å². The molecule has 0 bridgehead atoms. The molecular weight excluding hydrogens is 372 g/mol. The summed E-state index contributed by atoms with van der Waals surface area (Å²) in [5.41, 5.74) is 0.964. The molecule has 1 aliphatic rings. The highest BCUT2D eigenvalue weighted by atomic mass is 32.2. The molecule has 0 saturated carbocycles. The number of carbonyl (C=O) groups is 1. The van der Waals surface area contributed by atoms with Crippen LogP contribution in [0.5, 0.6) is 5.75 Å². The lowest BCUT2D eigenvalue weighted by molar-refractivity contribution is 0.0519. The summed E-state index contributed by atoms with van der Waals surface area (Å²) in [4.78, 5) is 13.8. The van der Waals surface area contributed by atoms with Crippen LogP contribution in [0.25, 0.3) is 0 Å². The minimum atomic E-state index is -3.75. The quantitative estimate of drug-likeness (QED) is 0.732. The van der Waals surface area contributed by atoms with Crippen LogP contribution in [0.3, 0.4) is 0 Å². The molecule has 2 aromatic rings. The van der Waals surface area contributed by atoms with Crippen LogP contribution in [0, 0.1) is 0 Å². The number of methoxy groups -OCH3 is 1. The highest BCUT2D eigenvalue weighted by Crippen LogP contribution is 2.23. The van der Waals surface area contributed by atoms with E-state index in [1.54, 1.807) is 14.0 Å². The minimum Gasteiger partial charge on any atom is -0.497 e. The number of aromatic amines is 1. The molecule has 1 N–H and O–H groups in total. The van der Waals surface area contributed by atoms with Crippen LogP contribution in [-0.4, -0.2) is 68.8 Å². The fraction of sp³-hybridized carbons (Fsp3) is 0.412. The molecule has 9 nitrogen and oxygen atoms in total. The van der Waals surface area contributed by atoms with Gasteiger partial charge in [0.1, 0.15) is 5.75 Å². The SMILES string of the molecule is CCOC(=O)c1cc(S(=O)(=O)N2CCN(c3ccc(OC)cc3)CC2)[nH]n1. The molecule has 0 radical (unpaired) electrons. The largest absolute Gasteiger partial charge is 0.497 e. The van der Waals surface area contributed by atoms with E-state index in [0.29, 0.717) is 26.2 Å². The lowest BCUT2D eigenvalue weighted by Gasteiger charge is -2.35. The third-order valence-corrected chi connectivity index (χ3v) is 6.14. The van der Waals surface area contributed by atoms with E-state index in [-0.39, 0.29) is 17.3 Å². The third kappa shape index (κ3) is 4.06. The summed E-state index contributed by atoms with van der Waals surface area (Å²) in [5.74, 6) is 0.121. The van der Waals surface area contributed by atoms with Gasteiger partial charge in [-0.05, 0) is 31.2 Å². The Balaban J connectivity index is 1.66. The van der Waals surface area contributed by atoms with Gasteiger partial charge in [0, 0.05) is 37.9 Å². The number of H-pyrrole nitrogens is 1. The Bertz CT molecular complexity index is 886. The molecule has 10 heteroatoms. The van der Waals surface area contributed by atoms with Crippen molar-refractivity contribution in [2.75, 3.05) is 44.8 Å². The van der Waals surface area contributed by atoms with Gasteiger partial charge in [0.25, 0.3) is 10.0 Å². The number of sulfonamides is 1. The number of ether oxygens (including phenoxy) is 2. The first kappa shape index (κ1) is 19.2. The molecule has 1 fully saturated rings. The van der Waals surface area contributed by atoms with E-state index in [4.69, 9.17) is 9.47 Å². The molecule has 0 amide bonds. The van der Waals surface area contributed by atoms with Crippen LogP contribution in [0.1, 0.15) is 17.4 Å². The van der Waals surface area contributed by atoms with E-state index in [9.17, 15) is 13.2 Å². The first-order valence-electron chi connectivity index (χ1n) is 8.57. The predicted octanol–water partition coefficient (Wildman–Crippen LogP) is 1.11. The van der Waals surface area contributed by atoms with E-state index in [1.807, 2.05) is 24.3 Å². The predicted molar refractivity (Wildman–Crippen MR) is 98.5 cm³/mol. The number of hydrogen-bond donors (Lipinski definition) is 1. The Morgan fingerprint density at radius 1 is 1.19 bits per heavy atom. The lowest BCUT2D eigenvalue weighted by Crippen LogP contribution is -2.48. The highest BCUT2D eigenvalue weighted by Gasteiger charge is 2.31. The molecule has 1 saturated heterocycles. The molecule has 0 atom stereocenters. The van der Waals surface area contributed by atoms with Crippen LogP contribution >= 0.6 is 0 Å². The van der Waals surface area contributed by atoms with Gasteiger partial charge in [0.05, 0.1) is 13.7 Å². The maximum absolute atomic E-state index is 12.8. The van der Waals surface area contributed by atoms with Crippen LogP contribution < -0.4 is 9.64 Å². The highest BCUT2D eigenvalue weighted by molar-refractivity contribution is 7.89. The summed E-state index contributed by atoms with van der Waals surface area (Å²) in [6, 6.07) is 8.86. The molecular formula is C17H22N4O5S. The number of nitrogens with one attached hydrogen (secondary N) is 1. The Labute approximate surface area is 157 Å². The average molecular weight is 394 g/mol. The normalized spacial score (nSPS) is 15.6. The van der Waals surface area contributed by atoms with Gasteiger partial charge in [-0.1, -0.05) is 0 Å². The Morgan fingerprint density at radius 2 is 1.85 bits per heavy atom. The molecule has 0 spiro atoms. The van der Waals surface area contributed by atoms with E-state index < -0.39 is 16.0 Å². The second-order valence-corrected chi connectivity index (χ2v) is 7.83. The van der Waals surface area contributed by atoms with Gasteiger partial charge in [-0.2, -0.15) is 9.40 Å². The molecule has 2 heterocycles. The Kier molecular flexibility index (Phi) is 5.66. The van der Waals surface area contributed by atoms with E-state index >= 15 is 0 Å². The van der Waals surface area contributed by atoms with Gasteiger partial charge in [0.2, 0.25) is 0 Å². The van der Waals surface area contributed by atoms with Crippen molar-refractivity contribution in [3.05, 3.63) is 36.0 Å². The van der Waals surface area contributed by atoms with Crippen molar-refractivity contribution in [3.63, 3.8) is 0 Å². The summed E-state index contributed by atoms with van der Waals surface area (Å²) < 4.78 is 36.9. The average Bonchev–Trinajstić information content (AvgIpc) is 3.20. The molecule has 1 aliphatic heterocycles. The zero-order valence-electron chi connectivity index (χ0n) is 15.2. The summed E-state index contributed by atoms with van der Waals surface area (Å²) in [5, 5.41) is 6.07. The molecule has 27 heavy (non-hydrogen) atoms. The fourth-order valence-electron chi connectivity index (χ4n) is 2.86. The van der Waals surface area contributed by atoms with Crippen molar-refractivity contribution in [3.8, 4) is 5.75 Å². The zero-order chi connectivity index (χ0) is 19.4. The fourth-order valence-corrected chi connectivity index (χ4v) is 4.21. The molecule has 0 aliphatic carbocycles. The van der Waals surface area contributed by atoms with Gasteiger partial charge < -0.3 is 14.4 Å². The summed E-state index contributed by atoms with van der Waals surface area (Å²) in [7, 11) is -2.13. The van der Waals surface area contributed by atoms with E-state index in [0.717, 1.165) is 11.4 Å². The number of anilines is 1. The van der Waals surface area contributed by atoms with Crippen LogP contribution in [0.4, 0.5) is 5.69 Å². The second-order valence-electron chi connectivity index (χ2n) is 5.93. The smallest absolute Gasteiger partial charge is 0.358 e. The topological polar surface area (TPSA) is 105 Å². The van der Waals surface area contributed by atoms with Crippen molar-refractivity contribution in [1.29, 1.82) is 0 Å². The molecule has 0 unspecified atom stereocenters.